The Kier molecular flexibility index (Phi) is 4.99. The molecular weight excluding hydrogens is 260 g/mol. The third-order valence-electron chi connectivity index (χ3n) is 3.07. The molecule has 7 nitrogen and oxygen atoms in total. The number of amides is 2. The van der Waals surface area contributed by atoms with Gasteiger partial charge in [-0.2, -0.15) is 0 Å². The first-order valence-corrected chi connectivity index (χ1v) is 6.73. The summed E-state index contributed by atoms with van der Waals surface area (Å²) in [5, 5.41) is 3.15. The summed E-state index contributed by atoms with van der Waals surface area (Å²) in [7, 11) is 3.90. The Morgan fingerprint density at radius 3 is 2.30 bits per heavy atom. The average molecular weight is 286 g/mol. The largest absolute Gasteiger partial charge is 0.444 e. The minimum absolute atomic E-state index is 0.255. The van der Waals surface area contributed by atoms with Gasteiger partial charge in [0.1, 0.15) is 11.1 Å². The van der Waals surface area contributed by atoms with Crippen LogP contribution in [0.1, 0.15) is 20.8 Å². The van der Waals surface area contributed by atoms with Crippen molar-refractivity contribution >= 4 is 12.0 Å². The van der Waals surface area contributed by atoms with Crippen molar-refractivity contribution in [3.63, 3.8) is 0 Å². The zero-order chi connectivity index (χ0) is 15.6. The number of hydrogen-bond donors (Lipinski definition) is 2. The molecule has 0 aliphatic carbocycles. The molecule has 2 amide bonds. The molecule has 20 heavy (non-hydrogen) atoms. The summed E-state index contributed by atoms with van der Waals surface area (Å²) in [6.45, 7) is 7.36. The van der Waals surface area contributed by atoms with Crippen molar-refractivity contribution in [3.8, 4) is 0 Å². The number of likely N-dealkylation sites (tertiary alicyclic amines) is 1. The quantitative estimate of drug-likeness (QED) is 0.719. The maximum absolute atomic E-state index is 11.8. The average Bonchev–Trinajstić information content (AvgIpc) is 2.17. The fourth-order valence-electron chi connectivity index (χ4n) is 1.93. The van der Waals surface area contributed by atoms with Crippen molar-refractivity contribution in [1.29, 1.82) is 0 Å². The second kappa shape index (κ2) is 5.97. The van der Waals surface area contributed by atoms with Crippen LogP contribution in [0.2, 0.25) is 0 Å². The Hall–Kier alpha value is -1.34. The fraction of sp³-hybridized carbons (Fsp3) is 0.846. The molecule has 1 rings (SSSR count). The van der Waals surface area contributed by atoms with E-state index in [1.54, 1.807) is 20.8 Å². The summed E-state index contributed by atoms with van der Waals surface area (Å²) in [5.41, 5.74) is 4.08. The van der Waals surface area contributed by atoms with Crippen LogP contribution >= 0.6 is 0 Å². The maximum atomic E-state index is 11.8. The molecule has 0 aromatic carbocycles. The van der Waals surface area contributed by atoms with Crippen LogP contribution in [-0.2, 0) is 9.53 Å². The highest BCUT2D eigenvalue weighted by molar-refractivity contribution is 5.88. The first-order chi connectivity index (χ1) is 9.06. The van der Waals surface area contributed by atoms with E-state index in [9.17, 15) is 9.59 Å². The molecule has 1 aliphatic rings. The van der Waals surface area contributed by atoms with Gasteiger partial charge in [0.15, 0.2) is 0 Å². The smallest absolute Gasteiger partial charge is 0.410 e. The second-order valence-corrected chi connectivity index (χ2v) is 6.51. The number of hydrogen-bond acceptors (Lipinski definition) is 5. The zero-order valence-electron chi connectivity index (χ0n) is 13.0. The number of nitrogens with one attached hydrogen (secondary N) is 1. The lowest BCUT2D eigenvalue weighted by Crippen LogP contribution is -2.76. The number of rotatable bonds is 5. The summed E-state index contributed by atoms with van der Waals surface area (Å²) in [4.78, 5) is 26.9. The molecule has 1 fully saturated rings. The summed E-state index contributed by atoms with van der Waals surface area (Å²) < 4.78 is 5.26. The van der Waals surface area contributed by atoms with Crippen LogP contribution in [0.3, 0.4) is 0 Å². The normalized spacial score (nSPS) is 17.8. The summed E-state index contributed by atoms with van der Waals surface area (Å²) in [6.07, 6.45) is -0.413. The predicted octanol–water partition coefficient (Wildman–Crippen LogP) is -0.388. The molecule has 0 unspecified atom stereocenters. The Balaban J connectivity index is 2.50. The molecule has 7 heteroatoms. The number of primary amides is 1. The molecule has 0 aromatic heterocycles. The third-order valence-corrected chi connectivity index (χ3v) is 3.07. The van der Waals surface area contributed by atoms with Gasteiger partial charge in [0.25, 0.3) is 0 Å². The monoisotopic (exact) mass is 286 g/mol. The van der Waals surface area contributed by atoms with E-state index in [1.165, 1.54) is 4.90 Å². The summed E-state index contributed by atoms with van der Waals surface area (Å²) in [6, 6.07) is 0. The minimum Gasteiger partial charge on any atom is -0.444 e. The highest BCUT2D eigenvalue weighted by Gasteiger charge is 2.50. The van der Waals surface area contributed by atoms with Crippen LogP contribution in [0, 0.1) is 0 Å². The van der Waals surface area contributed by atoms with Gasteiger partial charge in [0, 0.05) is 13.1 Å². The standard InChI is InChI=1S/C13H26N4O3/c1-12(2,3)20-11(19)17-8-13(9-17,10(14)18)15-6-7-16(4)5/h15H,6-9H2,1-5H3,(H2,14,18). The highest BCUT2D eigenvalue weighted by Crippen LogP contribution is 2.23. The van der Waals surface area contributed by atoms with Gasteiger partial charge in [0.2, 0.25) is 5.91 Å². The van der Waals surface area contributed by atoms with Gasteiger partial charge in [-0.25, -0.2) is 4.79 Å². The molecular formula is C13H26N4O3. The fourth-order valence-corrected chi connectivity index (χ4v) is 1.93. The van der Waals surface area contributed by atoms with Crippen LogP contribution in [0.25, 0.3) is 0 Å². The second-order valence-electron chi connectivity index (χ2n) is 6.51. The van der Waals surface area contributed by atoms with Gasteiger partial charge < -0.3 is 20.3 Å². The molecule has 1 saturated heterocycles. The number of carbonyl (C=O) groups is 2. The third kappa shape index (κ3) is 4.35. The van der Waals surface area contributed by atoms with Crippen LogP contribution in [0.15, 0.2) is 0 Å². The Labute approximate surface area is 120 Å². The Morgan fingerprint density at radius 2 is 1.90 bits per heavy atom. The SMILES string of the molecule is CN(C)CCNC1(C(N)=O)CN(C(=O)OC(C)(C)C)C1. The molecule has 116 valence electrons. The van der Waals surface area contributed by atoms with Crippen molar-refractivity contribution in [2.45, 2.75) is 31.9 Å². The van der Waals surface area contributed by atoms with Gasteiger partial charge in [-0.1, -0.05) is 0 Å². The number of ether oxygens (including phenoxy) is 1. The number of nitrogens with zero attached hydrogens (tertiary/aromatic N) is 2. The summed E-state index contributed by atoms with van der Waals surface area (Å²) >= 11 is 0. The van der Waals surface area contributed by atoms with E-state index in [4.69, 9.17) is 10.5 Å². The molecule has 1 heterocycles. The lowest BCUT2D eigenvalue weighted by atomic mass is 9.89. The molecule has 0 bridgehead atoms. The van der Waals surface area contributed by atoms with E-state index in [1.807, 2.05) is 19.0 Å². The predicted molar refractivity (Wildman–Crippen MR) is 76.3 cm³/mol. The van der Waals surface area contributed by atoms with Gasteiger partial charge in [-0.3, -0.25) is 10.1 Å². The Bertz CT molecular complexity index is 370. The summed E-state index contributed by atoms with van der Waals surface area (Å²) in [5.74, 6) is -0.434. The van der Waals surface area contributed by atoms with E-state index >= 15 is 0 Å². The number of nitrogens with two attached hydrogens (primary N) is 1. The van der Waals surface area contributed by atoms with Crippen LogP contribution in [-0.4, -0.2) is 73.2 Å². The molecule has 0 saturated carbocycles. The van der Waals surface area contributed by atoms with Crippen LogP contribution < -0.4 is 11.1 Å². The first kappa shape index (κ1) is 16.7. The van der Waals surface area contributed by atoms with Gasteiger partial charge in [0.05, 0.1) is 13.1 Å². The maximum Gasteiger partial charge on any atom is 0.410 e. The van der Waals surface area contributed by atoms with E-state index in [0.717, 1.165) is 6.54 Å². The molecule has 1 aliphatic heterocycles. The van der Waals surface area contributed by atoms with E-state index < -0.39 is 23.1 Å². The number of carbonyl (C=O) groups excluding carboxylic acids is 2. The molecule has 0 atom stereocenters. The first-order valence-electron chi connectivity index (χ1n) is 6.73. The number of likely N-dealkylation sites (N-methyl/N-ethyl adjacent to an activating group) is 1. The van der Waals surface area contributed by atoms with E-state index in [0.29, 0.717) is 6.54 Å². The zero-order valence-corrected chi connectivity index (χ0v) is 13.0. The van der Waals surface area contributed by atoms with Crippen molar-refractivity contribution in [2.24, 2.45) is 5.73 Å². The van der Waals surface area contributed by atoms with Crippen molar-refractivity contribution in [1.82, 2.24) is 15.1 Å². The van der Waals surface area contributed by atoms with E-state index in [-0.39, 0.29) is 13.1 Å². The van der Waals surface area contributed by atoms with Crippen LogP contribution in [0.5, 0.6) is 0 Å². The lowest BCUT2D eigenvalue weighted by Gasteiger charge is -2.48. The van der Waals surface area contributed by atoms with Crippen LogP contribution in [0.4, 0.5) is 4.79 Å². The van der Waals surface area contributed by atoms with Gasteiger partial charge >= 0.3 is 6.09 Å². The van der Waals surface area contributed by atoms with Gasteiger partial charge in [-0.15, -0.1) is 0 Å². The molecule has 3 N–H and O–H groups in total. The van der Waals surface area contributed by atoms with E-state index in [2.05, 4.69) is 5.32 Å². The van der Waals surface area contributed by atoms with Crippen molar-refractivity contribution < 1.29 is 14.3 Å². The van der Waals surface area contributed by atoms with Crippen molar-refractivity contribution in [3.05, 3.63) is 0 Å². The minimum atomic E-state index is -0.826. The van der Waals surface area contributed by atoms with Gasteiger partial charge in [-0.05, 0) is 34.9 Å². The lowest BCUT2D eigenvalue weighted by molar-refractivity contribution is -0.131. The highest BCUT2D eigenvalue weighted by atomic mass is 16.6. The molecule has 0 aromatic rings. The molecule has 0 spiro atoms. The Morgan fingerprint density at radius 1 is 1.35 bits per heavy atom. The van der Waals surface area contributed by atoms with Crippen molar-refractivity contribution in [2.75, 3.05) is 40.3 Å². The molecule has 0 radical (unpaired) electrons. The topological polar surface area (TPSA) is 87.9 Å².